The Balaban J connectivity index is 1.39. The average molecular weight is 461 g/mol. The largest absolute Gasteiger partial charge is 0.371 e. The zero-order valence-corrected chi connectivity index (χ0v) is 19.2. The summed E-state index contributed by atoms with van der Waals surface area (Å²) in [4.78, 5) is 7.19. The number of ether oxygens (including phenoxy) is 2. The number of morpholine rings is 1. The molecule has 2 bridgehead atoms. The van der Waals surface area contributed by atoms with Crippen molar-refractivity contribution < 1.29 is 9.47 Å². The highest BCUT2D eigenvalue weighted by Crippen LogP contribution is 2.34. The van der Waals surface area contributed by atoms with Crippen LogP contribution in [0.3, 0.4) is 0 Å². The first-order valence-electron chi connectivity index (χ1n) is 12.2. The Kier molecular flexibility index (Phi) is 4.69. The smallest absolute Gasteiger partial charge is 0.179 e. The minimum absolute atomic E-state index is 0.0688. The predicted octanol–water partition coefficient (Wildman–Crippen LogP) is 3.06. The Hall–Kier alpha value is -3.24. The number of imidazole rings is 1. The molecule has 7 heterocycles. The Morgan fingerprint density at radius 2 is 1.79 bits per heavy atom. The molecule has 4 aromatic heterocycles. The molecule has 0 N–H and O–H groups in total. The summed E-state index contributed by atoms with van der Waals surface area (Å²) >= 11 is 0. The summed E-state index contributed by atoms with van der Waals surface area (Å²) in [6, 6.07) is 6.21. The van der Waals surface area contributed by atoms with Gasteiger partial charge in [-0.15, -0.1) is 5.10 Å². The zero-order valence-electron chi connectivity index (χ0n) is 19.2. The SMILES string of the molecule is Cn1nccc1-c1cc(N2CC3CCC(C2)O3)nn2c(-c3ccnn3C3CCCCO3)ncc12. The summed E-state index contributed by atoms with van der Waals surface area (Å²) in [7, 11) is 1.97. The minimum Gasteiger partial charge on any atom is -0.371 e. The molecule has 10 nitrogen and oxygen atoms in total. The van der Waals surface area contributed by atoms with Crippen LogP contribution in [0.2, 0.25) is 0 Å². The van der Waals surface area contributed by atoms with Crippen LogP contribution >= 0.6 is 0 Å². The fourth-order valence-corrected chi connectivity index (χ4v) is 5.58. The summed E-state index contributed by atoms with van der Waals surface area (Å²) in [6.07, 6.45) is 11.5. The number of rotatable bonds is 4. The van der Waals surface area contributed by atoms with E-state index in [9.17, 15) is 0 Å². The van der Waals surface area contributed by atoms with E-state index in [2.05, 4.69) is 21.2 Å². The third-order valence-electron chi connectivity index (χ3n) is 7.28. The van der Waals surface area contributed by atoms with Gasteiger partial charge >= 0.3 is 0 Å². The van der Waals surface area contributed by atoms with Crippen molar-refractivity contribution in [3.63, 3.8) is 0 Å². The molecule has 34 heavy (non-hydrogen) atoms. The fraction of sp³-hybridized carbons (Fsp3) is 0.500. The van der Waals surface area contributed by atoms with Crippen molar-refractivity contribution in [2.45, 2.75) is 50.5 Å². The van der Waals surface area contributed by atoms with Crippen LogP contribution < -0.4 is 4.90 Å². The molecule has 0 radical (unpaired) electrons. The average Bonchev–Trinajstić information content (AvgIpc) is 3.65. The molecule has 0 saturated carbocycles. The van der Waals surface area contributed by atoms with E-state index in [-0.39, 0.29) is 18.4 Å². The molecule has 10 heteroatoms. The molecular weight excluding hydrogens is 432 g/mol. The summed E-state index contributed by atoms with van der Waals surface area (Å²) in [5, 5.41) is 14.1. The fourth-order valence-electron chi connectivity index (χ4n) is 5.58. The van der Waals surface area contributed by atoms with Crippen molar-refractivity contribution in [1.29, 1.82) is 0 Å². The first-order valence-corrected chi connectivity index (χ1v) is 12.2. The highest BCUT2D eigenvalue weighted by molar-refractivity contribution is 5.81. The van der Waals surface area contributed by atoms with Crippen molar-refractivity contribution in [2.75, 3.05) is 24.6 Å². The molecule has 3 fully saturated rings. The van der Waals surface area contributed by atoms with Gasteiger partial charge in [-0.25, -0.2) is 14.2 Å². The number of hydrogen-bond donors (Lipinski definition) is 0. The van der Waals surface area contributed by atoms with E-state index < -0.39 is 0 Å². The summed E-state index contributed by atoms with van der Waals surface area (Å²) in [5.41, 5.74) is 3.94. The second-order valence-corrected chi connectivity index (χ2v) is 9.48. The molecule has 0 amide bonds. The van der Waals surface area contributed by atoms with Gasteiger partial charge in [0.2, 0.25) is 0 Å². The number of fused-ring (bicyclic) bond motifs is 3. The van der Waals surface area contributed by atoms with Gasteiger partial charge in [0, 0.05) is 44.7 Å². The molecule has 3 aliphatic rings. The van der Waals surface area contributed by atoms with Gasteiger partial charge in [0.25, 0.3) is 0 Å². The Morgan fingerprint density at radius 3 is 2.56 bits per heavy atom. The summed E-state index contributed by atoms with van der Waals surface area (Å²) in [6.45, 7) is 2.48. The maximum absolute atomic E-state index is 6.08. The maximum atomic E-state index is 6.08. The molecule has 3 unspecified atom stereocenters. The quantitative estimate of drug-likeness (QED) is 0.463. The van der Waals surface area contributed by atoms with Gasteiger partial charge in [0.05, 0.1) is 29.6 Å². The maximum Gasteiger partial charge on any atom is 0.179 e. The van der Waals surface area contributed by atoms with E-state index in [1.165, 1.54) is 0 Å². The zero-order chi connectivity index (χ0) is 22.6. The van der Waals surface area contributed by atoms with Crippen molar-refractivity contribution >= 4 is 11.3 Å². The molecule has 0 spiro atoms. The third kappa shape index (κ3) is 3.24. The first-order chi connectivity index (χ1) is 16.7. The topological polar surface area (TPSA) is 87.5 Å². The number of nitrogens with zero attached hydrogens (tertiary/aromatic N) is 8. The Morgan fingerprint density at radius 1 is 0.971 bits per heavy atom. The van der Waals surface area contributed by atoms with Crippen molar-refractivity contribution in [1.82, 2.24) is 34.2 Å². The van der Waals surface area contributed by atoms with Crippen LogP contribution in [0.5, 0.6) is 0 Å². The number of anilines is 1. The van der Waals surface area contributed by atoms with Gasteiger partial charge in [-0.3, -0.25) is 4.68 Å². The van der Waals surface area contributed by atoms with Gasteiger partial charge in [0.1, 0.15) is 11.5 Å². The van der Waals surface area contributed by atoms with E-state index in [1.54, 1.807) is 0 Å². The van der Waals surface area contributed by atoms with Crippen LogP contribution in [-0.4, -0.2) is 66.1 Å². The summed E-state index contributed by atoms with van der Waals surface area (Å²) < 4.78 is 17.9. The standard InChI is InChI=1S/C24H28N8O2/c1-29-19(7-9-26-29)18-12-22(30-14-16-5-6-17(15-30)34-16)28-32-21(18)13-25-24(32)20-8-10-27-31(20)23-4-2-3-11-33-23/h7-10,12-13,16-17,23H,2-6,11,14-15H2,1H3. The van der Waals surface area contributed by atoms with E-state index in [1.807, 2.05) is 51.6 Å². The highest BCUT2D eigenvalue weighted by Gasteiger charge is 2.35. The molecule has 3 atom stereocenters. The Bertz CT molecular complexity index is 1320. The van der Waals surface area contributed by atoms with Gasteiger partial charge in [-0.2, -0.15) is 10.2 Å². The van der Waals surface area contributed by atoms with Crippen LogP contribution in [0.25, 0.3) is 28.3 Å². The summed E-state index contributed by atoms with van der Waals surface area (Å²) in [5.74, 6) is 1.70. The normalized spacial score (nSPS) is 24.9. The molecule has 3 aliphatic heterocycles. The minimum atomic E-state index is -0.0688. The third-order valence-corrected chi connectivity index (χ3v) is 7.28. The van der Waals surface area contributed by atoms with E-state index in [0.717, 1.165) is 85.9 Å². The number of aromatic nitrogens is 7. The van der Waals surface area contributed by atoms with Crippen LogP contribution in [0.1, 0.15) is 38.3 Å². The number of aryl methyl sites for hydroxylation is 1. The van der Waals surface area contributed by atoms with Crippen LogP contribution in [0.4, 0.5) is 5.82 Å². The molecule has 0 aromatic carbocycles. The lowest BCUT2D eigenvalue weighted by molar-refractivity contribution is -0.0384. The van der Waals surface area contributed by atoms with Gasteiger partial charge in [0.15, 0.2) is 12.1 Å². The van der Waals surface area contributed by atoms with E-state index in [4.69, 9.17) is 19.6 Å². The van der Waals surface area contributed by atoms with E-state index >= 15 is 0 Å². The second kappa shape index (κ2) is 7.92. The lowest BCUT2D eigenvalue weighted by Gasteiger charge is -2.33. The highest BCUT2D eigenvalue weighted by atomic mass is 16.5. The van der Waals surface area contributed by atoms with Crippen molar-refractivity contribution in [3.05, 3.63) is 36.8 Å². The monoisotopic (exact) mass is 460 g/mol. The second-order valence-electron chi connectivity index (χ2n) is 9.48. The van der Waals surface area contributed by atoms with Crippen molar-refractivity contribution in [2.24, 2.45) is 7.05 Å². The first kappa shape index (κ1) is 20.2. The van der Waals surface area contributed by atoms with Gasteiger partial charge in [-0.05, 0) is 50.3 Å². The molecular formula is C24H28N8O2. The number of hydrogen-bond acceptors (Lipinski definition) is 7. The molecule has 7 rings (SSSR count). The van der Waals surface area contributed by atoms with Gasteiger partial charge < -0.3 is 14.4 Å². The Labute approximate surface area is 197 Å². The van der Waals surface area contributed by atoms with Crippen LogP contribution in [-0.2, 0) is 16.5 Å². The lowest BCUT2D eigenvalue weighted by atomic mass is 10.1. The van der Waals surface area contributed by atoms with Gasteiger partial charge in [-0.1, -0.05) is 0 Å². The van der Waals surface area contributed by atoms with Crippen LogP contribution in [0, 0.1) is 0 Å². The molecule has 176 valence electrons. The van der Waals surface area contributed by atoms with Crippen LogP contribution in [0.15, 0.2) is 36.8 Å². The van der Waals surface area contributed by atoms with Crippen molar-refractivity contribution in [3.8, 4) is 22.8 Å². The predicted molar refractivity (Wildman–Crippen MR) is 125 cm³/mol. The molecule has 0 aliphatic carbocycles. The molecule has 4 aromatic rings. The lowest BCUT2D eigenvalue weighted by Crippen LogP contribution is -2.43. The van der Waals surface area contributed by atoms with E-state index in [0.29, 0.717) is 0 Å². The molecule has 3 saturated heterocycles.